The molecule has 0 fully saturated rings. The normalized spacial score (nSPS) is 12.0. The van der Waals surface area contributed by atoms with Crippen LogP contribution in [-0.4, -0.2) is 22.2 Å². The molecule has 4 nitrogen and oxygen atoms in total. The lowest BCUT2D eigenvalue weighted by molar-refractivity contribution is -0.143. The van der Waals surface area contributed by atoms with Crippen LogP contribution in [0.1, 0.15) is 24.8 Å². The van der Waals surface area contributed by atoms with Crippen LogP contribution in [0.25, 0.3) is 0 Å². The fourth-order valence-corrected chi connectivity index (χ4v) is 1.71. The van der Waals surface area contributed by atoms with Crippen LogP contribution in [0, 0.1) is 5.92 Å². The Morgan fingerprint density at radius 1 is 1.12 bits per heavy atom. The van der Waals surface area contributed by atoms with Gasteiger partial charge in [-0.3, -0.25) is 9.59 Å². The van der Waals surface area contributed by atoms with Gasteiger partial charge in [-0.15, -0.1) is 0 Å². The monoisotopic (exact) mass is 236 g/mol. The van der Waals surface area contributed by atoms with Crippen LogP contribution in [-0.2, 0) is 16.0 Å². The van der Waals surface area contributed by atoms with E-state index in [2.05, 4.69) is 0 Å². The molecule has 17 heavy (non-hydrogen) atoms. The highest BCUT2D eigenvalue weighted by atomic mass is 16.4. The molecule has 2 N–H and O–H groups in total. The SMILES string of the molecule is O=C(O)CCCC(Cc1ccccc1)C(=O)O. The minimum Gasteiger partial charge on any atom is -0.481 e. The first kappa shape index (κ1) is 13.2. The van der Waals surface area contributed by atoms with E-state index < -0.39 is 17.9 Å². The first-order chi connectivity index (χ1) is 8.09. The zero-order chi connectivity index (χ0) is 12.7. The van der Waals surface area contributed by atoms with Gasteiger partial charge in [0.15, 0.2) is 0 Å². The van der Waals surface area contributed by atoms with Crippen LogP contribution in [0.2, 0.25) is 0 Å². The maximum Gasteiger partial charge on any atom is 0.306 e. The Hall–Kier alpha value is -1.84. The molecule has 0 aliphatic carbocycles. The molecule has 1 aromatic rings. The minimum atomic E-state index is -0.881. The van der Waals surface area contributed by atoms with Crippen molar-refractivity contribution >= 4 is 11.9 Å². The standard InChI is InChI=1S/C13H16O4/c14-12(15)8-4-7-11(13(16)17)9-10-5-2-1-3-6-10/h1-3,5-6,11H,4,7-9H2,(H,14,15)(H,16,17). The fourth-order valence-electron chi connectivity index (χ4n) is 1.71. The van der Waals surface area contributed by atoms with Gasteiger partial charge in [0.2, 0.25) is 0 Å². The summed E-state index contributed by atoms with van der Waals surface area (Å²) < 4.78 is 0. The maximum absolute atomic E-state index is 11.0. The predicted octanol–water partition coefficient (Wildman–Crippen LogP) is 2.18. The highest BCUT2D eigenvalue weighted by molar-refractivity contribution is 5.70. The van der Waals surface area contributed by atoms with Gasteiger partial charge >= 0.3 is 11.9 Å². The zero-order valence-corrected chi connectivity index (χ0v) is 9.50. The lowest BCUT2D eigenvalue weighted by atomic mass is 9.94. The average molecular weight is 236 g/mol. The first-order valence-electron chi connectivity index (χ1n) is 5.58. The summed E-state index contributed by atoms with van der Waals surface area (Å²) in [5, 5.41) is 17.6. The van der Waals surface area contributed by atoms with Crippen LogP contribution in [0.5, 0.6) is 0 Å². The summed E-state index contributed by atoms with van der Waals surface area (Å²) in [5.74, 6) is -2.25. The van der Waals surface area contributed by atoms with Crippen LogP contribution < -0.4 is 0 Å². The molecular formula is C13H16O4. The number of aliphatic carboxylic acids is 2. The third kappa shape index (κ3) is 5.15. The van der Waals surface area contributed by atoms with Crippen LogP contribution in [0.15, 0.2) is 30.3 Å². The van der Waals surface area contributed by atoms with Crippen molar-refractivity contribution in [2.75, 3.05) is 0 Å². The second-order valence-electron chi connectivity index (χ2n) is 4.01. The predicted molar refractivity (Wildman–Crippen MR) is 62.8 cm³/mol. The van der Waals surface area contributed by atoms with Gasteiger partial charge in [0.05, 0.1) is 5.92 Å². The van der Waals surface area contributed by atoms with Gasteiger partial charge < -0.3 is 10.2 Å². The Bertz CT molecular complexity index is 372. The fraction of sp³-hybridized carbons (Fsp3) is 0.385. The summed E-state index contributed by atoms with van der Waals surface area (Å²) in [4.78, 5) is 21.4. The molecular weight excluding hydrogens is 220 g/mol. The van der Waals surface area contributed by atoms with Gasteiger partial charge in [-0.25, -0.2) is 0 Å². The second kappa shape index (κ2) is 6.68. The average Bonchev–Trinajstić information content (AvgIpc) is 2.28. The number of hydrogen-bond acceptors (Lipinski definition) is 2. The van der Waals surface area contributed by atoms with Crippen LogP contribution >= 0.6 is 0 Å². The molecule has 1 unspecified atom stereocenters. The summed E-state index contributed by atoms with van der Waals surface area (Å²) >= 11 is 0. The Balaban J connectivity index is 2.49. The van der Waals surface area contributed by atoms with Crippen molar-refractivity contribution in [3.05, 3.63) is 35.9 Å². The van der Waals surface area contributed by atoms with Gasteiger partial charge in [0.1, 0.15) is 0 Å². The van der Waals surface area contributed by atoms with E-state index in [1.807, 2.05) is 30.3 Å². The first-order valence-corrected chi connectivity index (χ1v) is 5.58. The number of benzene rings is 1. The van der Waals surface area contributed by atoms with Crippen molar-refractivity contribution in [2.45, 2.75) is 25.7 Å². The Morgan fingerprint density at radius 3 is 2.29 bits per heavy atom. The Labute approximate surface area is 99.9 Å². The van der Waals surface area contributed by atoms with Crippen molar-refractivity contribution in [2.24, 2.45) is 5.92 Å². The topological polar surface area (TPSA) is 74.6 Å². The molecule has 0 spiro atoms. The van der Waals surface area contributed by atoms with Crippen molar-refractivity contribution in [3.8, 4) is 0 Å². The van der Waals surface area contributed by atoms with Crippen molar-refractivity contribution in [1.29, 1.82) is 0 Å². The molecule has 0 amide bonds. The number of hydrogen-bond donors (Lipinski definition) is 2. The third-order valence-electron chi connectivity index (χ3n) is 2.62. The van der Waals surface area contributed by atoms with E-state index in [1.165, 1.54) is 0 Å². The van der Waals surface area contributed by atoms with E-state index in [9.17, 15) is 9.59 Å². The van der Waals surface area contributed by atoms with Gasteiger partial charge in [-0.05, 0) is 24.8 Å². The van der Waals surface area contributed by atoms with E-state index in [-0.39, 0.29) is 6.42 Å². The molecule has 0 aliphatic rings. The molecule has 1 rings (SSSR count). The summed E-state index contributed by atoms with van der Waals surface area (Å²) in [6, 6.07) is 9.38. The van der Waals surface area contributed by atoms with Crippen molar-refractivity contribution in [3.63, 3.8) is 0 Å². The molecule has 1 aromatic carbocycles. The van der Waals surface area contributed by atoms with Crippen molar-refractivity contribution < 1.29 is 19.8 Å². The quantitative estimate of drug-likeness (QED) is 0.761. The lowest BCUT2D eigenvalue weighted by Gasteiger charge is -2.11. The highest BCUT2D eigenvalue weighted by Crippen LogP contribution is 2.15. The Morgan fingerprint density at radius 2 is 1.76 bits per heavy atom. The molecule has 0 bridgehead atoms. The van der Waals surface area contributed by atoms with E-state index in [0.717, 1.165) is 5.56 Å². The molecule has 0 saturated heterocycles. The summed E-state index contributed by atoms with van der Waals surface area (Å²) in [5.41, 5.74) is 0.968. The number of carboxylic acid groups (broad SMARTS) is 2. The molecule has 92 valence electrons. The van der Waals surface area contributed by atoms with Gasteiger partial charge in [0, 0.05) is 6.42 Å². The van der Waals surface area contributed by atoms with E-state index >= 15 is 0 Å². The summed E-state index contributed by atoms with van der Waals surface area (Å²) in [6.07, 6.45) is 1.28. The van der Waals surface area contributed by atoms with E-state index in [4.69, 9.17) is 10.2 Å². The van der Waals surface area contributed by atoms with Crippen LogP contribution in [0.4, 0.5) is 0 Å². The summed E-state index contributed by atoms with van der Waals surface area (Å²) in [6.45, 7) is 0. The molecule has 0 saturated carbocycles. The number of carboxylic acids is 2. The highest BCUT2D eigenvalue weighted by Gasteiger charge is 2.17. The summed E-state index contributed by atoms with van der Waals surface area (Å²) in [7, 11) is 0. The molecule has 0 radical (unpaired) electrons. The Kier molecular flexibility index (Phi) is 5.20. The molecule has 1 atom stereocenters. The van der Waals surface area contributed by atoms with Crippen LogP contribution in [0.3, 0.4) is 0 Å². The lowest BCUT2D eigenvalue weighted by Crippen LogP contribution is -2.16. The zero-order valence-electron chi connectivity index (χ0n) is 9.50. The largest absolute Gasteiger partial charge is 0.481 e. The maximum atomic E-state index is 11.0. The minimum absolute atomic E-state index is 0.0264. The van der Waals surface area contributed by atoms with Gasteiger partial charge in [-0.2, -0.15) is 0 Å². The van der Waals surface area contributed by atoms with Gasteiger partial charge in [0.25, 0.3) is 0 Å². The molecule has 0 heterocycles. The third-order valence-corrected chi connectivity index (χ3v) is 2.62. The second-order valence-corrected chi connectivity index (χ2v) is 4.01. The molecule has 0 aliphatic heterocycles. The number of carbonyl (C=O) groups is 2. The van der Waals surface area contributed by atoms with Crippen molar-refractivity contribution in [1.82, 2.24) is 0 Å². The van der Waals surface area contributed by atoms with Gasteiger partial charge in [-0.1, -0.05) is 30.3 Å². The smallest absolute Gasteiger partial charge is 0.306 e. The van der Waals surface area contributed by atoms with E-state index in [0.29, 0.717) is 19.3 Å². The molecule has 4 heteroatoms. The number of rotatable bonds is 7. The molecule has 0 aromatic heterocycles. The van der Waals surface area contributed by atoms with E-state index in [1.54, 1.807) is 0 Å².